The molecular formula is C13H16N2O3S. The van der Waals surface area contributed by atoms with Crippen LogP contribution in [0, 0.1) is 5.92 Å². The van der Waals surface area contributed by atoms with Crippen LogP contribution in [0.4, 0.5) is 11.4 Å². The van der Waals surface area contributed by atoms with Gasteiger partial charge in [-0.2, -0.15) is 0 Å². The van der Waals surface area contributed by atoms with Crippen molar-refractivity contribution >= 4 is 27.1 Å². The van der Waals surface area contributed by atoms with Crippen LogP contribution < -0.4 is 10.6 Å². The average molecular weight is 280 g/mol. The minimum absolute atomic E-state index is 0.0234. The fraction of sp³-hybridized carbons (Fsp3) is 0.462. The monoisotopic (exact) mass is 280 g/mol. The molecule has 1 fully saturated rings. The van der Waals surface area contributed by atoms with Gasteiger partial charge in [0.25, 0.3) is 0 Å². The molecule has 19 heavy (non-hydrogen) atoms. The number of fused-ring (bicyclic) bond motifs is 1. The van der Waals surface area contributed by atoms with Crippen LogP contribution in [0.3, 0.4) is 0 Å². The van der Waals surface area contributed by atoms with Crippen molar-refractivity contribution in [3.05, 3.63) is 23.8 Å². The van der Waals surface area contributed by atoms with Gasteiger partial charge in [0.1, 0.15) is 0 Å². The Bertz CT molecular complexity index is 639. The molecular weight excluding hydrogens is 264 g/mol. The number of amides is 1. The minimum atomic E-state index is -3.04. The molecule has 2 aliphatic heterocycles. The normalized spacial score (nSPS) is 24.4. The Labute approximate surface area is 112 Å². The molecule has 3 rings (SSSR count). The van der Waals surface area contributed by atoms with Gasteiger partial charge < -0.3 is 10.6 Å². The van der Waals surface area contributed by atoms with E-state index in [9.17, 15) is 13.2 Å². The van der Waals surface area contributed by atoms with E-state index in [1.807, 2.05) is 12.1 Å². The van der Waals surface area contributed by atoms with Crippen molar-refractivity contribution in [3.8, 4) is 0 Å². The number of anilines is 2. The first-order valence-electron chi connectivity index (χ1n) is 6.37. The van der Waals surface area contributed by atoms with Crippen molar-refractivity contribution < 1.29 is 13.2 Å². The third-order valence-electron chi connectivity index (χ3n) is 3.87. The number of sulfone groups is 1. The zero-order valence-electron chi connectivity index (χ0n) is 10.5. The van der Waals surface area contributed by atoms with Crippen molar-refractivity contribution in [1.82, 2.24) is 0 Å². The molecule has 0 spiro atoms. The highest BCUT2D eigenvalue weighted by Crippen LogP contribution is 2.35. The molecule has 0 bridgehead atoms. The third-order valence-corrected chi connectivity index (χ3v) is 5.64. The Morgan fingerprint density at radius 2 is 2.16 bits per heavy atom. The van der Waals surface area contributed by atoms with Gasteiger partial charge >= 0.3 is 0 Å². The topological polar surface area (TPSA) is 80.5 Å². The summed E-state index contributed by atoms with van der Waals surface area (Å²) >= 11 is 0. The van der Waals surface area contributed by atoms with E-state index in [-0.39, 0.29) is 17.4 Å². The van der Waals surface area contributed by atoms with Crippen LogP contribution in [-0.2, 0) is 21.1 Å². The molecule has 2 N–H and O–H groups in total. The molecule has 102 valence electrons. The molecule has 5 nitrogen and oxygen atoms in total. The lowest BCUT2D eigenvalue weighted by Crippen LogP contribution is -2.35. The summed E-state index contributed by atoms with van der Waals surface area (Å²) in [6.45, 7) is 0.596. The molecule has 6 heteroatoms. The van der Waals surface area contributed by atoms with Crippen LogP contribution >= 0.6 is 0 Å². The minimum Gasteiger partial charge on any atom is -0.397 e. The Morgan fingerprint density at radius 3 is 2.84 bits per heavy atom. The van der Waals surface area contributed by atoms with Gasteiger partial charge in [0, 0.05) is 6.54 Å². The number of rotatable bonds is 1. The number of carbonyl (C=O) groups is 1. The van der Waals surface area contributed by atoms with Gasteiger partial charge in [-0.25, -0.2) is 8.42 Å². The highest BCUT2D eigenvalue weighted by molar-refractivity contribution is 7.91. The summed E-state index contributed by atoms with van der Waals surface area (Å²) in [6.07, 6.45) is 1.21. The third kappa shape index (κ3) is 2.10. The van der Waals surface area contributed by atoms with Gasteiger partial charge in [0.15, 0.2) is 9.84 Å². The summed E-state index contributed by atoms with van der Waals surface area (Å²) < 4.78 is 23.0. The van der Waals surface area contributed by atoms with E-state index in [2.05, 4.69) is 0 Å². The van der Waals surface area contributed by atoms with Gasteiger partial charge in [-0.05, 0) is 24.5 Å². The molecule has 1 atom stereocenters. The lowest BCUT2D eigenvalue weighted by atomic mass is 10.1. The lowest BCUT2D eigenvalue weighted by Gasteiger charge is -2.21. The van der Waals surface area contributed by atoms with Crippen LogP contribution in [0.2, 0.25) is 0 Å². The van der Waals surface area contributed by atoms with E-state index in [0.717, 1.165) is 17.7 Å². The Hall–Kier alpha value is -1.56. The smallest absolute Gasteiger partial charge is 0.231 e. The molecule has 0 aromatic heterocycles. The number of nitrogens with zero attached hydrogens (tertiary/aromatic N) is 1. The molecule has 1 unspecified atom stereocenters. The molecule has 1 amide bonds. The van der Waals surface area contributed by atoms with Crippen LogP contribution in [-0.4, -0.2) is 32.4 Å². The number of hydrogen-bond donors (Lipinski definition) is 1. The van der Waals surface area contributed by atoms with Crippen LogP contribution in [0.25, 0.3) is 0 Å². The zero-order chi connectivity index (χ0) is 13.6. The Kier molecular flexibility index (Phi) is 2.78. The fourth-order valence-electron chi connectivity index (χ4n) is 2.92. The molecule has 0 aliphatic carbocycles. The molecule has 0 radical (unpaired) electrons. The first-order valence-corrected chi connectivity index (χ1v) is 8.19. The van der Waals surface area contributed by atoms with E-state index in [4.69, 9.17) is 5.73 Å². The maximum absolute atomic E-state index is 12.5. The van der Waals surface area contributed by atoms with Gasteiger partial charge in [0.2, 0.25) is 5.91 Å². The second kappa shape index (κ2) is 4.23. The summed E-state index contributed by atoms with van der Waals surface area (Å²) in [7, 11) is -3.04. The van der Waals surface area contributed by atoms with Crippen LogP contribution in [0.1, 0.15) is 12.0 Å². The summed E-state index contributed by atoms with van der Waals surface area (Å²) in [5.41, 5.74) is 8.37. The van der Waals surface area contributed by atoms with Crippen molar-refractivity contribution in [2.45, 2.75) is 12.8 Å². The Morgan fingerprint density at radius 1 is 1.37 bits per heavy atom. The van der Waals surface area contributed by atoms with Crippen LogP contribution in [0.5, 0.6) is 0 Å². The predicted octanol–water partition coefficient (Wildman–Crippen LogP) is 0.593. The standard InChI is InChI=1S/C13H16N2O3S/c14-11-3-1-2-9-4-6-15(12(9)11)13(16)10-5-7-19(17,18)8-10/h1-3,10H,4-8,14H2. The highest BCUT2D eigenvalue weighted by atomic mass is 32.2. The predicted molar refractivity (Wildman–Crippen MR) is 73.7 cm³/mol. The van der Waals surface area contributed by atoms with Crippen LogP contribution in [0.15, 0.2) is 18.2 Å². The average Bonchev–Trinajstić information content (AvgIpc) is 2.92. The van der Waals surface area contributed by atoms with Gasteiger partial charge in [-0.15, -0.1) is 0 Å². The van der Waals surface area contributed by atoms with Crippen molar-refractivity contribution in [2.24, 2.45) is 5.92 Å². The summed E-state index contributed by atoms with van der Waals surface area (Å²) in [6, 6.07) is 5.61. The van der Waals surface area contributed by atoms with E-state index >= 15 is 0 Å². The maximum atomic E-state index is 12.5. The largest absolute Gasteiger partial charge is 0.397 e. The summed E-state index contributed by atoms with van der Waals surface area (Å²) in [5, 5.41) is 0. The van der Waals surface area contributed by atoms with Gasteiger partial charge in [-0.3, -0.25) is 4.79 Å². The molecule has 2 heterocycles. The number of hydrogen-bond acceptors (Lipinski definition) is 4. The molecule has 2 aliphatic rings. The first-order chi connectivity index (χ1) is 8.98. The molecule has 0 saturated carbocycles. The highest BCUT2D eigenvalue weighted by Gasteiger charge is 2.38. The zero-order valence-corrected chi connectivity index (χ0v) is 11.3. The number of para-hydroxylation sites is 1. The second-order valence-electron chi connectivity index (χ2n) is 5.19. The first kappa shape index (κ1) is 12.5. The molecule has 1 aromatic carbocycles. The lowest BCUT2D eigenvalue weighted by molar-refractivity contribution is -0.121. The maximum Gasteiger partial charge on any atom is 0.231 e. The SMILES string of the molecule is Nc1cccc2c1N(C(=O)C1CCS(=O)(=O)C1)CC2. The Balaban J connectivity index is 1.88. The van der Waals surface area contributed by atoms with Gasteiger partial charge in [-0.1, -0.05) is 12.1 Å². The molecule has 1 aromatic rings. The summed E-state index contributed by atoms with van der Waals surface area (Å²) in [4.78, 5) is 14.1. The van der Waals surface area contributed by atoms with Gasteiger partial charge in [0.05, 0.1) is 28.8 Å². The van der Waals surface area contributed by atoms with E-state index in [0.29, 0.717) is 18.7 Å². The van der Waals surface area contributed by atoms with E-state index < -0.39 is 15.8 Å². The number of nitrogen functional groups attached to an aromatic ring is 1. The summed E-state index contributed by atoms with van der Waals surface area (Å²) in [5.74, 6) is -0.410. The van der Waals surface area contributed by atoms with Crippen molar-refractivity contribution in [2.75, 3.05) is 28.7 Å². The quantitative estimate of drug-likeness (QED) is 0.764. The number of nitrogens with two attached hydrogens (primary N) is 1. The second-order valence-corrected chi connectivity index (χ2v) is 7.42. The number of carbonyl (C=O) groups excluding carboxylic acids is 1. The molecule has 1 saturated heterocycles. The van der Waals surface area contributed by atoms with E-state index in [1.54, 1.807) is 11.0 Å². The van der Waals surface area contributed by atoms with Crippen molar-refractivity contribution in [3.63, 3.8) is 0 Å². The van der Waals surface area contributed by atoms with Crippen molar-refractivity contribution in [1.29, 1.82) is 0 Å². The number of benzene rings is 1. The van der Waals surface area contributed by atoms with E-state index in [1.165, 1.54) is 0 Å². The fourth-order valence-corrected chi connectivity index (χ4v) is 4.65.